The van der Waals surface area contributed by atoms with Gasteiger partial charge in [0.25, 0.3) is 0 Å². The maximum atomic E-state index is 12.4. The van der Waals surface area contributed by atoms with E-state index in [4.69, 9.17) is 4.74 Å². The lowest BCUT2D eigenvalue weighted by Crippen LogP contribution is -2.41. The van der Waals surface area contributed by atoms with Crippen molar-refractivity contribution in [3.8, 4) is 0 Å². The fraction of sp³-hybridized carbons (Fsp3) is 0.375. The summed E-state index contributed by atoms with van der Waals surface area (Å²) >= 11 is 1.40. The molecule has 0 spiro atoms. The lowest BCUT2D eigenvalue weighted by Gasteiger charge is -2.26. The number of rotatable bonds is 3. The normalized spacial score (nSPS) is 15.3. The summed E-state index contributed by atoms with van der Waals surface area (Å²) in [6.07, 6.45) is 0. The van der Waals surface area contributed by atoms with E-state index in [9.17, 15) is 4.79 Å². The van der Waals surface area contributed by atoms with Gasteiger partial charge in [0, 0.05) is 18.5 Å². The molecule has 1 fully saturated rings. The second-order valence-electron chi connectivity index (χ2n) is 5.59. The van der Waals surface area contributed by atoms with Crippen molar-refractivity contribution in [2.24, 2.45) is 0 Å². The first-order chi connectivity index (χ1) is 11.7. The van der Waals surface area contributed by atoms with Crippen LogP contribution in [0.25, 0.3) is 16.6 Å². The average Bonchev–Trinajstić information content (AvgIpc) is 3.02. The fourth-order valence-electron chi connectivity index (χ4n) is 2.76. The first kappa shape index (κ1) is 15.3. The minimum absolute atomic E-state index is 0.100. The molecular formula is C16H17N5O2S. The van der Waals surface area contributed by atoms with Gasteiger partial charge in [0.05, 0.1) is 24.5 Å². The number of carbonyl (C=O) groups is 1. The van der Waals surface area contributed by atoms with Crippen molar-refractivity contribution in [2.45, 2.75) is 12.1 Å². The molecule has 3 heterocycles. The van der Waals surface area contributed by atoms with Gasteiger partial charge in [0.1, 0.15) is 5.82 Å². The third-order valence-corrected chi connectivity index (χ3v) is 4.86. The van der Waals surface area contributed by atoms with Crippen molar-refractivity contribution in [3.05, 3.63) is 30.1 Å². The number of aryl methyl sites for hydroxylation is 1. The van der Waals surface area contributed by atoms with Crippen molar-refractivity contribution in [2.75, 3.05) is 32.1 Å². The summed E-state index contributed by atoms with van der Waals surface area (Å²) in [6, 6.07) is 7.84. The summed E-state index contributed by atoms with van der Waals surface area (Å²) in [6.45, 7) is 4.38. The van der Waals surface area contributed by atoms with Gasteiger partial charge in [-0.2, -0.15) is 4.52 Å². The molecule has 0 radical (unpaired) electrons. The summed E-state index contributed by atoms with van der Waals surface area (Å²) < 4.78 is 7.02. The largest absolute Gasteiger partial charge is 0.378 e. The molecule has 2 aromatic heterocycles. The highest BCUT2D eigenvalue weighted by Gasteiger charge is 2.19. The van der Waals surface area contributed by atoms with Crippen LogP contribution in [0.1, 0.15) is 5.82 Å². The molecule has 0 aliphatic carbocycles. The van der Waals surface area contributed by atoms with Crippen LogP contribution < -0.4 is 0 Å². The van der Waals surface area contributed by atoms with E-state index >= 15 is 0 Å². The Hall–Kier alpha value is -2.19. The van der Waals surface area contributed by atoms with Gasteiger partial charge >= 0.3 is 0 Å². The molecule has 124 valence electrons. The average molecular weight is 343 g/mol. The number of hydrogen-bond donors (Lipinski definition) is 0. The smallest absolute Gasteiger partial charge is 0.233 e. The van der Waals surface area contributed by atoms with E-state index in [2.05, 4.69) is 15.1 Å². The Bertz CT molecular complexity index is 904. The Labute approximate surface area is 143 Å². The highest BCUT2D eigenvalue weighted by Crippen LogP contribution is 2.24. The van der Waals surface area contributed by atoms with Crippen LogP contribution >= 0.6 is 11.8 Å². The van der Waals surface area contributed by atoms with Gasteiger partial charge in [0.15, 0.2) is 10.8 Å². The Morgan fingerprint density at radius 1 is 1.25 bits per heavy atom. The Morgan fingerprint density at radius 2 is 2.04 bits per heavy atom. The quantitative estimate of drug-likeness (QED) is 0.530. The van der Waals surface area contributed by atoms with E-state index < -0.39 is 0 Å². The van der Waals surface area contributed by atoms with Crippen molar-refractivity contribution >= 4 is 34.2 Å². The predicted octanol–water partition coefficient (Wildman–Crippen LogP) is 1.54. The van der Waals surface area contributed by atoms with E-state index in [1.54, 1.807) is 4.52 Å². The van der Waals surface area contributed by atoms with E-state index in [-0.39, 0.29) is 5.91 Å². The van der Waals surface area contributed by atoms with Crippen LogP contribution in [0, 0.1) is 6.92 Å². The molecule has 3 aromatic rings. The first-order valence-corrected chi connectivity index (χ1v) is 8.81. The second-order valence-corrected chi connectivity index (χ2v) is 6.53. The minimum Gasteiger partial charge on any atom is -0.378 e. The van der Waals surface area contributed by atoms with Gasteiger partial charge in [0.2, 0.25) is 5.91 Å². The highest BCUT2D eigenvalue weighted by molar-refractivity contribution is 7.99. The van der Waals surface area contributed by atoms with Crippen LogP contribution in [0.15, 0.2) is 29.4 Å². The zero-order chi connectivity index (χ0) is 16.5. The maximum absolute atomic E-state index is 12.4. The third kappa shape index (κ3) is 2.83. The second kappa shape index (κ2) is 6.37. The predicted molar refractivity (Wildman–Crippen MR) is 91.1 cm³/mol. The Balaban J connectivity index is 1.64. The van der Waals surface area contributed by atoms with E-state index in [0.717, 1.165) is 16.6 Å². The van der Waals surface area contributed by atoms with Crippen molar-refractivity contribution in [1.82, 2.24) is 24.5 Å². The van der Waals surface area contributed by atoms with E-state index in [0.29, 0.717) is 43.0 Å². The number of ether oxygens (including phenoxy) is 1. The molecule has 8 heteroatoms. The lowest BCUT2D eigenvalue weighted by molar-refractivity contribution is -0.132. The number of para-hydroxylation sites is 1. The molecule has 0 atom stereocenters. The summed E-state index contributed by atoms with van der Waals surface area (Å²) in [5, 5.41) is 6.08. The third-order valence-electron chi connectivity index (χ3n) is 3.94. The van der Waals surface area contributed by atoms with Crippen LogP contribution in [0.2, 0.25) is 0 Å². The molecular weight excluding hydrogens is 326 g/mol. The standard InChI is InChI=1S/C16H17N5O2S/c1-11-17-15-12-4-2-3-5-13(12)18-16(21(15)19-11)24-10-14(22)20-6-8-23-9-7-20/h2-5H,6-10H2,1H3. The number of fused-ring (bicyclic) bond motifs is 3. The summed E-state index contributed by atoms with van der Waals surface area (Å²) in [4.78, 5) is 23.4. The lowest BCUT2D eigenvalue weighted by atomic mass is 10.2. The number of carbonyl (C=O) groups excluding carboxylic acids is 1. The molecule has 24 heavy (non-hydrogen) atoms. The van der Waals surface area contributed by atoms with Gasteiger partial charge in [-0.15, -0.1) is 5.10 Å². The molecule has 1 amide bonds. The molecule has 1 saturated heterocycles. The van der Waals surface area contributed by atoms with Gasteiger partial charge in [-0.05, 0) is 19.1 Å². The molecule has 0 bridgehead atoms. The topological polar surface area (TPSA) is 72.6 Å². The van der Waals surface area contributed by atoms with Gasteiger partial charge in [-0.25, -0.2) is 9.97 Å². The Morgan fingerprint density at radius 3 is 2.88 bits per heavy atom. The highest BCUT2D eigenvalue weighted by atomic mass is 32.2. The number of aromatic nitrogens is 4. The van der Waals surface area contributed by atoms with Crippen molar-refractivity contribution < 1.29 is 9.53 Å². The molecule has 1 aliphatic rings. The van der Waals surface area contributed by atoms with Gasteiger partial charge < -0.3 is 9.64 Å². The van der Waals surface area contributed by atoms with Gasteiger partial charge in [-0.1, -0.05) is 23.9 Å². The molecule has 4 rings (SSSR count). The number of benzene rings is 1. The molecule has 1 aromatic carbocycles. The molecule has 0 unspecified atom stereocenters. The SMILES string of the molecule is Cc1nc2c3ccccc3nc(SCC(=O)N3CCOCC3)n2n1. The number of hydrogen-bond acceptors (Lipinski definition) is 6. The van der Waals surface area contributed by atoms with Crippen LogP contribution in [-0.2, 0) is 9.53 Å². The summed E-state index contributed by atoms with van der Waals surface area (Å²) in [5.41, 5.74) is 1.64. The zero-order valence-corrected chi connectivity index (χ0v) is 14.1. The first-order valence-electron chi connectivity index (χ1n) is 7.83. The molecule has 1 aliphatic heterocycles. The maximum Gasteiger partial charge on any atom is 0.233 e. The Kier molecular flexibility index (Phi) is 4.07. The summed E-state index contributed by atoms with van der Waals surface area (Å²) in [7, 11) is 0. The number of thioether (sulfide) groups is 1. The van der Waals surface area contributed by atoms with Crippen LogP contribution in [0.5, 0.6) is 0 Å². The van der Waals surface area contributed by atoms with Crippen molar-refractivity contribution in [3.63, 3.8) is 0 Å². The van der Waals surface area contributed by atoms with Crippen LogP contribution in [0.4, 0.5) is 0 Å². The van der Waals surface area contributed by atoms with Gasteiger partial charge in [-0.3, -0.25) is 4.79 Å². The minimum atomic E-state index is 0.100. The molecule has 7 nitrogen and oxygen atoms in total. The van der Waals surface area contributed by atoms with Crippen molar-refractivity contribution in [1.29, 1.82) is 0 Å². The van der Waals surface area contributed by atoms with Crippen LogP contribution in [0.3, 0.4) is 0 Å². The fourth-order valence-corrected chi connectivity index (χ4v) is 3.60. The van der Waals surface area contributed by atoms with Crippen LogP contribution in [-0.4, -0.2) is 62.4 Å². The monoisotopic (exact) mass is 343 g/mol. The number of morpholine rings is 1. The zero-order valence-electron chi connectivity index (χ0n) is 13.3. The summed E-state index contributed by atoms with van der Waals surface area (Å²) in [5.74, 6) is 1.12. The molecule has 0 saturated carbocycles. The van der Waals surface area contributed by atoms with E-state index in [1.165, 1.54) is 11.8 Å². The molecule has 0 N–H and O–H groups in total. The number of nitrogens with zero attached hydrogens (tertiary/aromatic N) is 5. The number of amides is 1. The van der Waals surface area contributed by atoms with E-state index in [1.807, 2.05) is 36.1 Å².